The van der Waals surface area contributed by atoms with E-state index in [9.17, 15) is 9.59 Å². The molecule has 0 aliphatic heterocycles. The minimum atomic E-state index is 0.000218. The van der Waals surface area contributed by atoms with Crippen LogP contribution in [0.2, 0.25) is 0 Å². The van der Waals surface area contributed by atoms with Crippen molar-refractivity contribution in [1.82, 2.24) is 0 Å². The Morgan fingerprint density at radius 2 is 1.32 bits per heavy atom. The average molecular weight is 335 g/mol. The van der Waals surface area contributed by atoms with Crippen molar-refractivity contribution in [3.63, 3.8) is 0 Å². The molecule has 25 heavy (non-hydrogen) atoms. The van der Waals surface area contributed by atoms with Gasteiger partial charge in [-0.05, 0) is 46.5 Å². The van der Waals surface area contributed by atoms with E-state index in [1.807, 2.05) is 0 Å². The molecule has 0 fully saturated rings. The molecule has 1 rings (SSSR count). The molecule has 130 valence electrons. The summed E-state index contributed by atoms with van der Waals surface area (Å²) >= 11 is 0. The summed E-state index contributed by atoms with van der Waals surface area (Å²) < 4.78 is 0. The van der Waals surface area contributed by atoms with Gasteiger partial charge in [0.15, 0.2) is 11.6 Å². The van der Waals surface area contributed by atoms with Gasteiger partial charge in [0.25, 0.3) is 0 Å². The molecule has 0 aromatic carbocycles. The lowest BCUT2D eigenvalue weighted by molar-refractivity contribution is -0.116. The molecule has 0 unspecified atom stereocenters. The van der Waals surface area contributed by atoms with Gasteiger partial charge in [0.1, 0.15) is 0 Å². The molecule has 0 saturated carbocycles. The topological polar surface area (TPSA) is 57.9 Å². The lowest BCUT2D eigenvalue weighted by Crippen LogP contribution is -2.20. The third-order valence-electron chi connectivity index (χ3n) is 4.31. The van der Waals surface area contributed by atoms with Crippen LogP contribution in [0.25, 0.3) is 0 Å². The Kier molecular flexibility index (Phi) is 9.06. The lowest BCUT2D eigenvalue weighted by Gasteiger charge is -2.18. The zero-order valence-corrected chi connectivity index (χ0v) is 15.4. The van der Waals surface area contributed by atoms with E-state index in [1.54, 1.807) is 20.8 Å². The Morgan fingerprint density at radius 3 is 1.96 bits per heavy atom. The Bertz CT molecular complexity index is 752. The monoisotopic (exact) mass is 335 g/mol. The van der Waals surface area contributed by atoms with Crippen LogP contribution < -0.4 is 0 Å². The number of carbonyl (C=O) groups excluding carboxylic acids is 2. The average Bonchev–Trinajstić information content (AvgIpc) is 2.61. The molecular formula is C22H25NO2. The van der Waals surface area contributed by atoms with Crippen LogP contribution in [-0.2, 0) is 9.59 Å². The molecule has 0 saturated heterocycles. The Hall–Kier alpha value is -2.57. The second-order valence-electron chi connectivity index (χ2n) is 6.11. The standard InChI is InChI=1S/C22H25NO2/c1-17-18(2)22(25)20(19(3)21(17)24)15-13-11-9-7-5-4-6-8-10-12-14-16-23/h4,9-15H2,1-3H3. The molecule has 0 N–H and O–H groups in total. The Balaban J connectivity index is 2.31. The number of unbranched alkanes of at least 4 members (excludes halogenated alkanes) is 4. The van der Waals surface area contributed by atoms with E-state index in [0.717, 1.165) is 32.1 Å². The van der Waals surface area contributed by atoms with E-state index >= 15 is 0 Å². The van der Waals surface area contributed by atoms with Crippen molar-refractivity contribution in [1.29, 1.82) is 5.26 Å². The SMILES string of the molecule is CC1=C(C)C(=O)C(CCCCC#CCC#CCCCC#N)=C(C)C1=O. The van der Waals surface area contributed by atoms with E-state index in [-0.39, 0.29) is 11.6 Å². The second-order valence-corrected chi connectivity index (χ2v) is 6.11. The van der Waals surface area contributed by atoms with Crippen LogP contribution in [0.5, 0.6) is 0 Å². The Morgan fingerprint density at radius 1 is 0.720 bits per heavy atom. The van der Waals surface area contributed by atoms with Crippen LogP contribution in [0, 0.1) is 35.0 Å². The van der Waals surface area contributed by atoms with Gasteiger partial charge < -0.3 is 0 Å². The maximum atomic E-state index is 12.3. The van der Waals surface area contributed by atoms with Gasteiger partial charge in [-0.2, -0.15) is 5.26 Å². The molecule has 3 nitrogen and oxygen atoms in total. The summed E-state index contributed by atoms with van der Waals surface area (Å²) in [4.78, 5) is 24.4. The van der Waals surface area contributed by atoms with Gasteiger partial charge in [-0.3, -0.25) is 9.59 Å². The number of carbonyl (C=O) groups is 2. The number of allylic oxidation sites excluding steroid dienone is 4. The summed E-state index contributed by atoms with van der Waals surface area (Å²) in [6.07, 6.45) is 5.87. The summed E-state index contributed by atoms with van der Waals surface area (Å²) in [5.41, 5.74) is 2.43. The summed E-state index contributed by atoms with van der Waals surface area (Å²) in [5, 5.41) is 8.40. The number of rotatable bonds is 6. The predicted octanol–water partition coefficient (Wildman–Crippen LogP) is 4.44. The van der Waals surface area contributed by atoms with Crippen molar-refractivity contribution in [2.45, 2.75) is 72.1 Å². The first kappa shape index (κ1) is 20.5. The minimum absolute atomic E-state index is 0.000218. The van der Waals surface area contributed by atoms with Crippen LogP contribution in [0.3, 0.4) is 0 Å². The third-order valence-corrected chi connectivity index (χ3v) is 4.31. The first-order valence-electron chi connectivity index (χ1n) is 8.75. The highest BCUT2D eigenvalue weighted by Gasteiger charge is 2.26. The van der Waals surface area contributed by atoms with Gasteiger partial charge >= 0.3 is 0 Å². The lowest BCUT2D eigenvalue weighted by atomic mass is 9.84. The van der Waals surface area contributed by atoms with Gasteiger partial charge in [0.2, 0.25) is 0 Å². The van der Waals surface area contributed by atoms with Crippen molar-refractivity contribution in [3.05, 3.63) is 22.3 Å². The number of nitrogens with zero attached hydrogens (tertiary/aromatic N) is 1. The zero-order chi connectivity index (χ0) is 18.7. The van der Waals surface area contributed by atoms with Crippen LogP contribution in [0.15, 0.2) is 22.3 Å². The van der Waals surface area contributed by atoms with Gasteiger partial charge in [0.05, 0.1) is 12.5 Å². The molecule has 0 radical (unpaired) electrons. The molecule has 0 aromatic heterocycles. The first-order chi connectivity index (χ1) is 12.0. The zero-order valence-electron chi connectivity index (χ0n) is 15.4. The summed E-state index contributed by atoms with van der Waals surface area (Å²) in [5.74, 6) is 12.1. The molecule has 1 aliphatic carbocycles. The predicted molar refractivity (Wildman–Crippen MR) is 99.2 cm³/mol. The molecular weight excluding hydrogens is 310 g/mol. The number of hydrogen-bond donors (Lipinski definition) is 0. The Labute approximate surface area is 151 Å². The van der Waals surface area contributed by atoms with Crippen molar-refractivity contribution in [2.24, 2.45) is 0 Å². The number of hydrogen-bond acceptors (Lipinski definition) is 3. The van der Waals surface area contributed by atoms with Gasteiger partial charge in [-0.25, -0.2) is 0 Å². The fourth-order valence-electron chi connectivity index (χ4n) is 2.57. The fraction of sp³-hybridized carbons (Fsp3) is 0.500. The number of nitriles is 1. The second kappa shape index (κ2) is 11.1. The quantitative estimate of drug-likeness (QED) is 0.409. The highest BCUT2D eigenvalue weighted by molar-refractivity contribution is 6.24. The van der Waals surface area contributed by atoms with Gasteiger partial charge in [0, 0.05) is 41.6 Å². The van der Waals surface area contributed by atoms with Crippen molar-refractivity contribution in [2.75, 3.05) is 0 Å². The maximum absolute atomic E-state index is 12.3. The smallest absolute Gasteiger partial charge is 0.185 e. The summed E-state index contributed by atoms with van der Waals surface area (Å²) in [6.45, 7) is 5.20. The van der Waals surface area contributed by atoms with Crippen LogP contribution in [-0.4, -0.2) is 11.6 Å². The highest BCUT2D eigenvalue weighted by atomic mass is 16.1. The van der Waals surface area contributed by atoms with Crippen molar-refractivity contribution in [3.8, 4) is 29.8 Å². The van der Waals surface area contributed by atoms with Crippen LogP contribution in [0.4, 0.5) is 0 Å². The highest BCUT2D eigenvalue weighted by Crippen LogP contribution is 2.27. The van der Waals surface area contributed by atoms with E-state index < -0.39 is 0 Å². The summed E-state index contributed by atoms with van der Waals surface area (Å²) in [7, 11) is 0. The normalized spacial score (nSPS) is 13.8. The molecule has 0 heterocycles. The largest absolute Gasteiger partial charge is 0.289 e. The van der Waals surface area contributed by atoms with E-state index in [0.29, 0.717) is 41.6 Å². The number of Topliss-reactive ketones (excluding diaryl/α,β-unsaturated/α-hetero) is 2. The molecule has 0 bridgehead atoms. The van der Waals surface area contributed by atoms with Crippen LogP contribution in [0.1, 0.15) is 72.1 Å². The number of ketones is 2. The van der Waals surface area contributed by atoms with Crippen molar-refractivity contribution < 1.29 is 9.59 Å². The molecule has 0 atom stereocenters. The van der Waals surface area contributed by atoms with E-state index in [1.165, 1.54) is 0 Å². The molecule has 3 heteroatoms. The molecule has 1 aliphatic rings. The molecule has 0 aromatic rings. The van der Waals surface area contributed by atoms with E-state index in [4.69, 9.17) is 5.26 Å². The maximum Gasteiger partial charge on any atom is 0.185 e. The van der Waals surface area contributed by atoms with Gasteiger partial charge in [-0.1, -0.05) is 11.8 Å². The molecule has 0 spiro atoms. The minimum Gasteiger partial charge on any atom is -0.289 e. The summed E-state index contributed by atoms with van der Waals surface area (Å²) in [6, 6.07) is 2.09. The van der Waals surface area contributed by atoms with Crippen molar-refractivity contribution >= 4 is 11.6 Å². The molecule has 0 amide bonds. The van der Waals surface area contributed by atoms with Gasteiger partial charge in [-0.15, -0.1) is 11.8 Å². The van der Waals surface area contributed by atoms with E-state index in [2.05, 4.69) is 29.8 Å². The fourth-order valence-corrected chi connectivity index (χ4v) is 2.57. The third kappa shape index (κ3) is 6.45. The van der Waals surface area contributed by atoms with Crippen LogP contribution >= 0.6 is 0 Å². The first-order valence-corrected chi connectivity index (χ1v) is 8.75.